The first-order valence-corrected chi connectivity index (χ1v) is 13.5. The van der Waals surface area contributed by atoms with E-state index >= 15 is 0 Å². The number of esters is 1. The number of hydrogen-bond donors (Lipinski definition) is 1. The number of hydrogen-bond acceptors (Lipinski definition) is 9. The topological polar surface area (TPSA) is 116 Å². The van der Waals surface area contributed by atoms with Crippen molar-refractivity contribution in [3.05, 3.63) is 50.1 Å². The molecule has 0 atom stereocenters. The van der Waals surface area contributed by atoms with E-state index in [-0.39, 0.29) is 34.7 Å². The van der Waals surface area contributed by atoms with Crippen molar-refractivity contribution in [2.75, 3.05) is 32.3 Å². The van der Waals surface area contributed by atoms with Crippen LogP contribution in [0.5, 0.6) is 5.75 Å². The highest BCUT2D eigenvalue weighted by Crippen LogP contribution is 2.34. The van der Waals surface area contributed by atoms with Crippen molar-refractivity contribution in [2.24, 2.45) is 0 Å². The van der Waals surface area contributed by atoms with E-state index in [2.05, 4.69) is 15.5 Å². The summed E-state index contributed by atoms with van der Waals surface area (Å²) in [4.78, 5) is 39.4. The van der Waals surface area contributed by atoms with Crippen LogP contribution in [0.1, 0.15) is 38.3 Å². The normalized spacial score (nSPS) is 10.8. The Labute approximate surface area is 232 Å². The molecule has 14 heteroatoms. The molecule has 2 amide bonds. The van der Waals surface area contributed by atoms with Crippen molar-refractivity contribution >= 4 is 69.1 Å². The monoisotopic (exact) mass is 585 g/mol. The predicted molar refractivity (Wildman–Crippen MR) is 144 cm³/mol. The molecule has 1 aromatic carbocycles. The van der Waals surface area contributed by atoms with Gasteiger partial charge in [0.25, 0.3) is 5.91 Å². The Kier molecular flexibility index (Phi) is 9.82. The molecule has 0 spiro atoms. The molecule has 0 fully saturated rings. The highest BCUT2D eigenvalue weighted by atomic mass is 35.5. The lowest BCUT2D eigenvalue weighted by Crippen LogP contribution is -2.21. The molecule has 198 valence electrons. The molecule has 0 aliphatic carbocycles. The molecule has 1 N–H and O–H groups in total. The Hall–Kier alpha value is -2.80. The third-order valence-corrected chi connectivity index (χ3v) is 7.77. The van der Waals surface area contributed by atoms with Crippen molar-refractivity contribution < 1.29 is 23.9 Å². The van der Waals surface area contributed by atoms with Crippen LogP contribution >= 0.6 is 46.3 Å². The van der Waals surface area contributed by atoms with Gasteiger partial charge >= 0.3 is 5.97 Å². The third-order valence-electron chi connectivity index (χ3n) is 5.08. The lowest BCUT2D eigenvalue weighted by Gasteiger charge is -2.10. The average molecular weight is 587 g/mol. The zero-order chi connectivity index (χ0) is 27.3. The summed E-state index contributed by atoms with van der Waals surface area (Å²) in [6.07, 6.45) is 0. The van der Waals surface area contributed by atoms with Crippen molar-refractivity contribution in [1.82, 2.24) is 19.7 Å². The average Bonchev–Trinajstić information content (AvgIpc) is 3.40. The number of aromatic nitrogens is 3. The minimum atomic E-state index is -0.634. The Bertz CT molecular complexity index is 1330. The number of methoxy groups -OCH3 is 1. The standard InChI is InChI=1S/C23H25Cl2N5O5S2/c1-6-30-16(10-35-15-8-7-13(24)9-14(15)25)27-28-23(30)36-11-17(31)26-20-18(22(33)34-5)12(2)19(37-20)21(32)29(3)4/h7-9H,6,10-11H2,1-5H3,(H,26,31). The molecule has 0 saturated heterocycles. The molecular weight excluding hydrogens is 561 g/mol. The van der Waals surface area contributed by atoms with Gasteiger partial charge in [0.15, 0.2) is 11.0 Å². The number of halogens is 2. The number of rotatable bonds is 10. The van der Waals surface area contributed by atoms with Crippen LogP contribution in [0.2, 0.25) is 10.0 Å². The van der Waals surface area contributed by atoms with Gasteiger partial charge in [0.1, 0.15) is 17.4 Å². The number of ether oxygens (including phenoxy) is 2. The number of anilines is 1. The van der Waals surface area contributed by atoms with Crippen molar-refractivity contribution in [3.8, 4) is 5.75 Å². The van der Waals surface area contributed by atoms with Gasteiger partial charge in [0.05, 0.1) is 28.3 Å². The van der Waals surface area contributed by atoms with E-state index in [1.807, 2.05) is 11.5 Å². The number of thioether (sulfide) groups is 1. The van der Waals surface area contributed by atoms with Gasteiger partial charge in [0.2, 0.25) is 5.91 Å². The third kappa shape index (κ3) is 6.75. The second-order valence-electron chi connectivity index (χ2n) is 7.79. The maximum atomic E-state index is 12.8. The first-order chi connectivity index (χ1) is 17.6. The van der Waals surface area contributed by atoms with Gasteiger partial charge in [-0.2, -0.15) is 0 Å². The van der Waals surface area contributed by atoms with Gasteiger partial charge in [-0.05, 0) is 37.6 Å². The summed E-state index contributed by atoms with van der Waals surface area (Å²) in [5.74, 6) is -0.262. The van der Waals surface area contributed by atoms with E-state index in [0.717, 1.165) is 11.3 Å². The smallest absolute Gasteiger partial charge is 0.341 e. The second-order valence-corrected chi connectivity index (χ2v) is 10.6. The van der Waals surface area contributed by atoms with Crippen molar-refractivity contribution in [1.29, 1.82) is 0 Å². The van der Waals surface area contributed by atoms with E-state index in [9.17, 15) is 14.4 Å². The summed E-state index contributed by atoms with van der Waals surface area (Å²) >= 11 is 14.3. The van der Waals surface area contributed by atoms with Gasteiger partial charge < -0.3 is 24.3 Å². The van der Waals surface area contributed by atoms with Crippen LogP contribution in [0.15, 0.2) is 23.4 Å². The number of benzene rings is 1. The Morgan fingerprint density at radius 3 is 2.57 bits per heavy atom. The summed E-state index contributed by atoms with van der Waals surface area (Å²) in [7, 11) is 4.47. The second kappa shape index (κ2) is 12.6. The molecule has 0 aliphatic heterocycles. The zero-order valence-electron chi connectivity index (χ0n) is 20.8. The van der Waals surface area contributed by atoms with Gasteiger partial charge in [-0.3, -0.25) is 9.59 Å². The number of carbonyl (C=O) groups excluding carboxylic acids is 3. The maximum Gasteiger partial charge on any atom is 0.341 e. The van der Waals surface area contributed by atoms with Crippen LogP contribution in [0, 0.1) is 6.92 Å². The molecule has 0 unspecified atom stereocenters. The fourth-order valence-electron chi connectivity index (χ4n) is 3.23. The molecule has 2 aromatic heterocycles. The van der Waals surface area contributed by atoms with Crippen LogP contribution in [0.25, 0.3) is 0 Å². The summed E-state index contributed by atoms with van der Waals surface area (Å²) in [6.45, 7) is 4.24. The fourth-order valence-corrected chi connectivity index (χ4v) is 5.75. The van der Waals surface area contributed by atoms with Crippen LogP contribution < -0.4 is 10.1 Å². The SMILES string of the molecule is CCn1c(COc2ccc(Cl)cc2Cl)nnc1SCC(=O)Nc1sc(C(=O)N(C)C)c(C)c1C(=O)OC. The van der Waals surface area contributed by atoms with E-state index in [0.29, 0.717) is 43.8 Å². The van der Waals surface area contributed by atoms with Crippen LogP contribution in [0.3, 0.4) is 0 Å². The van der Waals surface area contributed by atoms with E-state index in [4.69, 9.17) is 32.7 Å². The van der Waals surface area contributed by atoms with E-state index < -0.39 is 5.97 Å². The predicted octanol–water partition coefficient (Wildman–Crippen LogP) is 4.77. The number of thiophene rings is 1. The minimum Gasteiger partial charge on any atom is -0.484 e. The number of nitrogens with one attached hydrogen (secondary N) is 1. The van der Waals surface area contributed by atoms with E-state index in [1.165, 1.54) is 23.8 Å². The first kappa shape index (κ1) is 28.8. The molecule has 2 heterocycles. The number of nitrogens with zero attached hydrogens (tertiary/aromatic N) is 4. The highest BCUT2D eigenvalue weighted by molar-refractivity contribution is 7.99. The van der Waals surface area contributed by atoms with Gasteiger partial charge in [-0.1, -0.05) is 35.0 Å². The van der Waals surface area contributed by atoms with Crippen molar-refractivity contribution in [2.45, 2.75) is 32.2 Å². The zero-order valence-corrected chi connectivity index (χ0v) is 23.9. The lowest BCUT2D eigenvalue weighted by atomic mass is 10.1. The van der Waals surface area contributed by atoms with E-state index in [1.54, 1.807) is 39.2 Å². The van der Waals surface area contributed by atoms with Crippen LogP contribution in [0.4, 0.5) is 5.00 Å². The summed E-state index contributed by atoms with van der Waals surface area (Å²) in [6, 6.07) is 4.93. The minimum absolute atomic E-state index is 0.00345. The first-order valence-electron chi connectivity index (χ1n) is 10.9. The molecule has 3 rings (SSSR count). The largest absolute Gasteiger partial charge is 0.484 e. The number of amides is 2. The molecule has 0 radical (unpaired) electrons. The van der Waals surface area contributed by atoms with Crippen LogP contribution in [-0.2, 0) is 22.7 Å². The summed E-state index contributed by atoms with van der Waals surface area (Å²) in [5, 5.41) is 12.7. The molecule has 3 aromatic rings. The summed E-state index contributed by atoms with van der Waals surface area (Å²) in [5.41, 5.74) is 0.614. The van der Waals surface area contributed by atoms with Gasteiger partial charge in [-0.15, -0.1) is 21.5 Å². The van der Waals surface area contributed by atoms with Gasteiger partial charge in [0, 0.05) is 25.7 Å². The summed E-state index contributed by atoms with van der Waals surface area (Å²) < 4.78 is 12.4. The molecule has 10 nitrogen and oxygen atoms in total. The van der Waals surface area contributed by atoms with Crippen molar-refractivity contribution in [3.63, 3.8) is 0 Å². The Balaban J connectivity index is 1.70. The Morgan fingerprint density at radius 2 is 1.95 bits per heavy atom. The molecule has 0 aliphatic rings. The van der Waals surface area contributed by atoms with Crippen LogP contribution in [-0.4, -0.2) is 64.4 Å². The highest BCUT2D eigenvalue weighted by Gasteiger charge is 2.27. The van der Waals surface area contributed by atoms with Gasteiger partial charge in [-0.25, -0.2) is 4.79 Å². The Morgan fingerprint density at radius 1 is 1.22 bits per heavy atom. The lowest BCUT2D eigenvalue weighted by molar-refractivity contribution is -0.113. The number of carbonyl (C=O) groups is 3. The fraction of sp³-hybridized carbons (Fsp3) is 0.348. The molecule has 37 heavy (non-hydrogen) atoms. The maximum absolute atomic E-state index is 12.8. The molecule has 0 saturated carbocycles. The molecular formula is C23H25Cl2N5O5S2. The quantitative estimate of drug-likeness (QED) is 0.267. The molecule has 0 bridgehead atoms.